The van der Waals surface area contributed by atoms with Crippen molar-refractivity contribution in [2.45, 2.75) is 19.0 Å². The van der Waals surface area contributed by atoms with Crippen LogP contribution in [-0.2, 0) is 6.54 Å². The van der Waals surface area contributed by atoms with Gasteiger partial charge in [0.05, 0.1) is 37.4 Å². The Balaban J connectivity index is 2.88. The number of aliphatic hydroxyl groups excluding tert-OH is 2. The van der Waals surface area contributed by atoms with Crippen molar-refractivity contribution in [2.75, 3.05) is 27.4 Å². The normalized spacial score (nSPS) is 11.5. The van der Waals surface area contributed by atoms with Crippen molar-refractivity contribution >= 4 is 15.9 Å². The second-order valence-electron chi connectivity index (χ2n) is 4.54. The van der Waals surface area contributed by atoms with Crippen molar-refractivity contribution in [1.82, 2.24) is 5.32 Å². The van der Waals surface area contributed by atoms with E-state index in [1.54, 1.807) is 21.1 Å². The molecule has 0 amide bonds. The molecule has 0 unspecified atom stereocenters. The Bertz CT molecular complexity index is 421. The van der Waals surface area contributed by atoms with E-state index in [-0.39, 0.29) is 13.2 Å². The second-order valence-corrected chi connectivity index (χ2v) is 5.40. The number of rotatable bonds is 7. The molecule has 0 aliphatic carbocycles. The number of nitrogens with one attached hydrogen (secondary N) is 1. The van der Waals surface area contributed by atoms with Crippen LogP contribution in [0, 0.1) is 0 Å². The Morgan fingerprint density at radius 1 is 1.21 bits per heavy atom. The van der Waals surface area contributed by atoms with Gasteiger partial charge in [0.2, 0.25) is 0 Å². The predicted octanol–water partition coefficient (Wildman–Crippen LogP) is 1.30. The summed E-state index contributed by atoms with van der Waals surface area (Å²) in [6, 6.07) is 3.76. The lowest BCUT2D eigenvalue weighted by Crippen LogP contribution is -2.48. The lowest BCUT2D eigenvalue weighted by atomic mass is 10.0. The minimum absolute atomic E-state index is 0.141. The summed E-state index contributed by atoms with van der Waals surface area (Å²) in [6.45, 7) is 1.97. The zero-order chi connectivity index (χ0) is 14.5. The first-order valence-electron chi connectivity index (χ1n) is 5.87. The van der Waals surface area contributed by atoms with Crippen LogP contribution in [0.3, 0.4) is 0 Å². The Kier molecular flexibility index (Phi) is 6.06. The van der Waals surface area contributed by atoms with E-state index >= 15 is 0 Å². The van der Waals surface area contributed by atoms with Crippen LogP contribution >= 0.6 is 15.9 Å². The van der Waals surface area contributed by atoms with Gasteiger partial charge in [0, 0.05) is 6.54 Å². The Morgan fingerprint density at radius 3 is 2.32 bits per heavy atom. The second kappa shape index (κ2) is 7.09. The van der Waals surface area contributed by atoms with Gasteiger partial charge in [0.1, 0.15) is 0 Å². The van der Waals surface area contributed by atoms with E-state index in [0.717, 1.165) is 10.0 Å². The third kappa shape index (κ3) is 4.07. The van der Waals surface area contributed by atoms with Crippen LogP contribution in [0.4, 0.5) is 0 Å². The largest absolute Gasteiger partial charge is 0.493 e. The fraction of sp³-hybridized carbons (Fsp3) is 0.538. The summed E-state index contributed by atoms with van der Waals surface area (Å²) in [6.07, 6.45) is 0. The molecule has 108 valence electrons. The standard InChI is InChI=1S/C13H20BrNO4/c1-13(7-16,8-17)15-6-9-4-10(14)12(19-3)11(5-9)18-2/h4-5,15-17H,6-8H2,1-3H3. The van der Waals surface area contributed by atoms with Gasteiger partial charge in [-0.15, -0.1) is 0 Å². The highest BCUT2D eigenvalue weighted by molar-refractivity contribution is 9.10. The summed E-state index contributed by atoms with van der Waals surface area (Å²) in [7, 11) is 3.15. The minimum atomic E-state index is -0.709. The maximum absolute atomic E-state index is 9.22. The van der Waals surface area contributed by atoms with Crippen molar-refractivity contribution in [3.63, 3.8) is 0 Å². The van der Waals surface area contributed by atoms with Crippen LogP contribution in [0.25, 0.3) is 0 Å². The summed E-state index contributed by atoms with van der Waals surface area (Å²) in [4.78, 5) is 0. The zero-order valence-electron chi connectivity index (χ0n) is 11.4. The average molecular weight is 334 g/mol. The van der Waals surface area contributed by atoms with Crippen LogP contribution in [0.15, 0.2) is 16.6 Å². The molecule has 0 heterocycles. The monoisotopic (exact) mass is 333 g/mol. The molecule has 0 aromatic heterocycles. The number of hydrogen-bond donors (Lipinski definition) is 3. The Morgan fingerprint density at radius 2 is 1.84 bits per heavy atom. The number of hydrogen-bond acceptors (Lipinski definition) is 5. The minimum Gasteiger partial charge on any atom is -0.493 e. The molecule has 1 rings (SSSR count). The first-order chi connectivity index (χ1) is 8.99. The highest BCUT2D eigenvalue weighted by atomic mass is 79.9. The maximum Gasteiger partial charge on any atom is 0.174 e. The van der Waals surface area contributed by atoms with Crippen molar-refractivity contribution in [1.29, 1.82) is 0 Å². The molecule has 6 heteroatoms. The van der Waals surface area contributed by atoms with E-state index in [2.05, 4.69) is 21.2 Å². The molecule has 0 radical (unpaired) electrons. The van der Waals surface area contributed by atoms with Gasteiger partial charge in [-0.05, 0) is 40.5 Å². The van der Waals surface area contributed by atoms with Gasteiger partial charge < -0.3 is 25.0 Å². The van der Waals surface area contributed by atoms with Gasteiger partial charge in [-0.25, -0.2) is 0 Å². The van der Waals surface area contributed by atoms with Gasteiger partial charge in [-0.2, -0.15) is 0 Å². The van der Waals surface area contributed by atoms with Crippen molar-refractivity contribution in [3.05, 3.63) is 22.2 Å². The number of halogens is 1. The van der Waals surface area contributed by atoms with Crippen molar-refractivity contribution in [3.8, 4) is 11.5 Å². The highest BCUT2D eigenvalue weighted by Gasteiger charge is 2.21. The number of aliphatic hydroxyl groups is 2. The third-order valence-corrected chi connectivity index (χ3v) is 3.50. The molecule has 5 nitrogen and oxygen atoms in total. The fourth-order valence-corrected chi connectivity index (χ4v) is 2.20. The average Bonchev–Trinajstić information content (AvgIpc) is 2.44. The molecule has 0 saturated carbocycles. The van der Waals surface area contributed by atoms with Gasteiger partial charge in [0.15, 0.2) is 11.5 Å². The molecule has 0 saturated heterocycles. The first kappa shape index (κ1) is 16.2. The van der Waals surface area contributed by atoms with Gasteiger partial charge in [0.25, 0.3) is 0 Å². The Labute approximate surface area is 121 Å². The van der Waals surface area contributed by atoms with Crippen molar-refractivity contribution in [2.24, 2.45) is 0 Å². The molecule has 0 atom stereocenters. The van der Waals surface area contributed by atoms with Crippen LogP contribution in [0.2, 0.25) is 0 Å². The zero-order valence-corrected chi connectivity index (χ0v) is 13.0. The van der Waals surface area contributed by atoms with E-state index < -0.39 is 5.54 Å². The quantitative estimate of drug-likeness (QED) is 0.701. The summed E-state index contributed by atoms with van der Waals surface area (Å²) in [5, 5.41) is 21.6. The van der Waals surface area contributed by atoms with E-state index in [9.17, 15) is 10.2 Å². The van der Waals surface area contributed by atoms with Gasteiger partial charge in [-0.1, -0.05) is 0 Å². The van der Waals surface area contributed by atoms with Gasteiger partial charge >= 0.3 is 0 Å². The highest BCUT2D eigenvalue weighted by Crippen LogP contribution is 2.36. The molecule has 0 bridgehead atoms. The number of ether oxygens (including phenoxy) is 2. The number of benzene rings is 1. The third-order valence-electron chi connectivity index (χ3n) is 2.91. The molecule has 0 fully saturated rings. The molecular weight excluding hydrogens is 314 g/mol. The molecule has 1 aromatic rings. The van der Waals surface area contributed by atoms with Crippen molar-refractivity contribution < 1.29 is 19.7 Å². The lowest BCUT2D eigenvalue weighted by molar-refractivity contribution is 0.103. The first-order valence-corrected chi connectivity index (χ1v) is 6.66. The molecule has 3 N–H and O–H groups in total. The summed E-state index contributed by atoms with van der Waals surface area (Å²) < 4.78 is 11.3. The molecule has 0 spiro atoms. The van der Waals surface area contributed by atoms with E-state index in [0.29, 0.717) is 18.0 Å². The molecular formula is C13H20BrNO4. The lowest BCUT2D eigenvalue weighted by Gasteiger charge is -2.26. The van der Waals surface area contributed by atoms with Crippen LogP contribution < -0.4 is 14.8 Å². The number of methoxy groups -OCH3 is 2. The predicted molar refractivity (Wildman–Crippen MR) is 76.7 cm³/mol. The maximum atomic E-state index is 9.22. The van der Waals surface area contributed by atoms with Crippen LogP contribution in [0.5, 0.6) is 11.5 Å². The van der Waals surface area contributed by atoms with E-state index in [4.69, 9.17) is 9.47 Å². The molecule has 1 aromatic carbocycles. The summed E-state index contributed by atoms with van der Waals surface area (Å²) in [5.41, 5.74) is 0.247. The summed E-state index contributed by atoms with van der Waals surface area (Å²) >= 11 is 3.42. The van der Waals surface area contributed by atoms with Crippen LogP contribution in [-0.4, -0.2) is 43.2 Å². The molecule has 0 aliphatic heterocycles. The Hall–Kier alpha value is -0.820. The van der Waals surface area contributed by atoms with Crippen LogP contribution in [0.1, 0.15) is 12.5 Å². The molecule has 19 heavy (non-hydrogen) atoms. The SMILES string of the molecule is COc1cc(CNC(C)(CO)CO)cc(Br)c1OC. The topological polar surface area (TPSA) is 71.0 Å². The van der Waals surface area contributed by atoms with E-state index in [1.807, 2.05) is 12.1 Å². The molecule has 0 aliphatic rings. The van der Waals surface area contributed by atoms with E-state index in [1.165, 1.54) is 0 Å². The smallest absolute Gasteiger partial charge is 0.174 e. The fourth-order valence-electron chi connectivity index (χ4n) is 1.55. The summed E-state index contributed by atoms with van der Waals surface area (Å²) in [5.74, 6) is 1.27. The van der Waals surface area contributed by atoms with Gasteiger partial charge in [-0.3, -0.25) is 0 Å².